The summed E-state index contributed by atoms with van der Waals surface area (Å²) >= 11 is 1.46. The molecule has 4 aliphatic rings. The zero-order valence-electron chi connectivity index (χ0n) is 32.0. The molecule has 1 atom stereocenters. The summed E-state index contributed by atoms with van der Waals surface area (Å²) < 4.78 is 2.21. The van der Waals surface area contributed by atoms with Gasteiger partial charge in [0.05, 0.1) is 0 Å². The Bertz CT molecular complexity index is 2000. The van der Waals surface area contributed by atoms with Crippen LogP contribution in [0, 0.1) is 18.1 Å². The van der Waals surface area contributed by atoms with Crippen LogP contribution >= 0.6 is 0 Å². The van der Waals surface area contributed by atoms with Crippen molar-refractivity contribution in [3.8, 4) is 11.1 Å². The fourth-order valence-electron chi connectivity index (χ4n) is 8.12. The van der Waals surface area contributed by atoms with Gasteiger partial charge in [-0.3, -0.25) is 12.2 Å². The fraction of sp³-hybridized carbons (Fsp3) is 0.327. The maximum atomic E-state index is 3.65. The van der Waals surface area contributed by atoms with E-state index in [1.54, 1.807) is 0 Å². The number of hydrogen-bond acceptors (Lipinski definition) is 0. The Labute approximate surface area is 317 Å². The van der Waals surface area contributed by atoms with Crippen LogP contribution < -0.4 is 0 Å². The van der Waals surface area contributed by atoms with Crippen LogP contribution in [0.5, 0.6) is 0 Å². The number of fused-ring (bicyclic) bond motifs is 5. The van der Waals surface area contributed by atoms with Gasteiger partial charge in [-0.15, -0.1) is 17.2 Å². The van der Waals surface area contributed by atoms with E-state index in [0.29, 0.717) is 5.92 Å². The molecule has 0 bridgehead atoms. The molecular formula is C49H52Zr. The Morgan fingerprint density at radius 3 is 1.90 bits per heavy atom. The molecule has 0 saturated heterocycles. The van der Waals surface area contributed by atoms with Crippen LogP contribution in [0.3, 0.4) is 0 Å². The average molecular weight is 732 g/mol. The van der Waals surface area contributed by atoms with E-state index in [2.05, 4.69) is 177 Å². The normalized spacial score (nSPS) is 18.5. The Hall–Kier alpha value is -3.41. The minimum atomic E-state index is 0.0340. The average Bonchev–Trinajstić information content (AvgIpc) is 3.73. The fourth-order valence-corrected chi connectivity index (χ4v) is 8.59. The first kappa shape index (κ1) is 36.4. The molecule has 4 aromatic carbocycles. The van der Waals surface area contributed by atoms with Gasteiger partial charge in [0.2, 0.25) is 0 Å². The summed E-state index contributed by atoms with van der Waals surface area (Å²) in [6.07, 6.45) is 12.8. The predicted molar refractivity (Wildman–Crippen MR) is 213 cm³/mol. The molecule has 0 aromatic heterocycles. The number of benzene rings is 4. The Morgan fingerprint density at radius 1 is 0.740 bits per heavy atom. The molecule has 50 heavy (non-hydrogen) atoms. The first-order valence-corrected chi connectivity index (χ1v) is 19.6. The Kier molecular flexibility index (Phi) is 9.91. The first-order chi connectivity index (χ1) is 23.5. The zero-order valence-corrected chi connectivity index (χ0v) is 34.5. The zero-order chi connectivity index (χ0) is 36.2. The maximum Gasteiger partial charge on any atom is 0.00873 e. The van der Waals surface area contributed by atoms with Crippen LogP contribution in [-0.2, 0) is 46.9 Å². The minimum Gasteiger partial charge on any atom is -0.266 e. The van der Waals surface area contributed by atoms with Crippen molar-refractivity contribution < 1.29 is 24.2 Å². The van der Waals surface area contributed by atoms with Crippen LogP contribution in [-0.4, -0.2) is 3.71 Å². The molecule has 0 heterocycles. The summed E-state index contributed by atoms with van der Waals surface area (Å²) in [5.41, 5.74) is 21.5. The quantitative estimate of drug-likeness (QED) is 0.159. The summed E-state index contributed by atoms with van der Waals surface area (Å²) in [6.45, 7) is 24.7. The van der Waals surface area contributed by atoms with Crippen molar-refractivity contribution in [2.45, 2.75) is 98.8 Å². The Morgan fingerprint density at radius 2 is 1.34 bits per heavy atom. The molecule has 0 radical (unpaired) electrons. The molecular weight excluding hydrogens is 680 g/mol. The van der Waals surface area contributed by atoms with Gasteiger partial charge in [-0.05, 0) is 58.4 Å². The van der Waals surface area contributed by atoms with Crippen LogP contribution in [0.4, 0.5) is 0 Å². The van der Waals surface area contributed by atoms with Crippen molar-refractivity contribution in [2.24, 2.45) is 5.92 Å². The van der Waals surface area contributed by atoms with E-state index in [1.165, 1.54) is 108 Å². The van der Waals surface area contributed by atoms with Gasteiger partial charge in [0.25, 0.3) is 0 Å². The van der Waals surface area contributed by atoms with E-state index in [1.807, 2.05) is 6.07 Å². The van der Waals surface area contributed by atoms with Gasteiger partial charge < -0.3 is 0 Å². The van der Waals surface area contributed by atoms with Crippen molar-refractivity contribution in [1.82, 2.24) is 0 Å². The largest absolute Gasteiger partial charge is 0.266 e. The number of rotatable bonds is 2. The summed E-state index contributed by atoms with van der Waals surface area (Å²) in [6, 6.07) is 29.1. The van der Waals surface area contributed by atoms with Gasteiger partial charge in [0.15, 0.2) is 0 Å². The number of hydrogen-bond donors (Lipinski definition) is 0. The standard InChI is InChI=1S/C25H25.C13H13.C11H14.Zr/c1-14-12-24(3,4)22-8-16-7-17-9-23-19(15(2)13-25(23,5)6)11-21(17)20(16)10-18(14)22;1-10-8-11(2)13(9-10)12-6-4-3-5-7-12;1-9-5-7-10(8-6-9)11(2,3)4;/h8-12H,7H2,1-6H3;3-7,9-10H,1-2H3;1,5-8H,2-4H3;/q2*-1;;+2. The first-order valence-electron chi connectivity index (χ1n) is 18.1. The van der Waals surface area contributed by atoms with Gasteiger partial charge in [0, 0.05) is 5.41 Å². The summed E-state index contributed by atoms with van der Waals surface area (Å²) in [5.74, 6) is 0.468. The van der Waals surface area contributed by atoms with E-state index < -0.39 is 0 Å². The van der Waals surface area contributed by atoms with Crippen molar-refractivity contribution in [1.29, 1.82) is 0 Å². The second kappa shape index (κ2) is 13.6. The van der Waals surface area contributed by atoms with E-state index in [-0.39, 0.29) is 16.2 Å². The van der Waals surface area contributed by atoms with Gasteiger partial charge in [-0.2, -0.15) is 17.2 Å². The van der Waals surface area contributed by atoms with E-state index >= 15 is 0 Å². The minimum absolute atomic E-state index is 0.0340. The molecule has 0 saturated carbocycles. The molecule has 4 aromatic rings. The third-order valence-electron chi connectivity index (χ3n) is 10.7. The smallest absolute Gasteiger partial charge is 0.00873 e. The molecule has 252 valence electrons. The van der Waals surface area contributed by atoms with Gasteiger partial charge in [0.1, 0.15) is 0 Å². The second-order valence-corrected chi connectivity index (χ2v) is 17.4. The SMILES string of the molecule is CC(C)(C)c1ccc([CH]=[Zr+2])cc1.CC1=[C-]C(C)(C)c2cc3c(cc21)-c1cc2c(cc1C3)C(C)(C)C=C2C.CC1=[C-]C(C)C=C1c1ccccc1. The van der Waals surface area contributed by atoms with Crippen LogP contribution in [0.1, 0.15) is 126 Å². The van der Waals surface area contributed by atoms with Crippen molar-refractivity contribution in [3.05, 3.63) is 159 Å². The van der Waals surface area contributed by atoms with Crippen LogP contribution in [0.2, 0.25) is 0 Å². The molecule has 0 spiro atoms. The molecule has 1 heteroatoms. The van der Waals surface area contributed by atoms with Crippen LogP contribution in [0.25, 0.3) is 27.8 Å². The molecule has 4 aliphatic carbocycles. The summed E-state index contributed by atoms with van der Waals surface area (Å²) in [5, 5.41) is 0. The molecule has 0 nitrogen and oxygen atoms in total. The van der Waals surface area contributed by atoms with E-state index in [0.717, 1.165) is 6.42 Å². The summed E-state index contributed by atoms with van der Waals surface area (Å²) in [4.78, 5) is 0. The van der Waals surface area contributed by atoms with Crippen molar-refractivity contribution in [3.63, 3.8) is 0 Å². The molecule has 8 rings (SSSR count). The van der Waals surface area contributed by atoms with Crippen molar-refractivity contribution >= 4 is 20.4 Å². The molecule has 0 aliphatic heterocycles. The predicted octanol–water partition coefficient (Wildman–Crippen LogP) is 12.6. The van der Waals surface area contributed by atoms with E-state index in [9.17, 15) is 0 Å². The van der Waals surface area contributed by atoms with Gasteiger partial charge in [-0.1, -0.05) is 108 Å². The molecule has 0 amide bonds. The second-order valence-electron chi connectivity index (χ2n) is 16.7. The molecule has 1 unspecified atom stereocenters. The number of allylic oxidation sites excluding steroid dienone is 8. The van der Waals surface area contributed by atoms with Gasteiger partial charge in [-0.25, -0.2) is 11.1 Å². The third kappa shape index (κ3) is 7.19. The van der Waals surface area contributed by atoms with E-state index in [4.69, 9.17) is 0 Å². The Balaban J connectivity index is 0.000000146. The van der Waals surface area contributed by atoms with Gasteiger partial charge >= 0.3 is 89.5 Å². The maximum absolute atomic E-state index is 3.65. The monoisotopic (exact) mass is 730 g/mol. The third-order valence-corrected chi connectivity index (χ3v) is 11.5. The topological polar surface area (TPSA) is 0 Å². The van der Waals surface area contributed by atoms with Crippen LogP contribution in [0.15, 0.2) is 96.6 Å². The molecule has 0 N–H and O–H groups in total. The molecule has 0 fully saturated rings. The summed E-state index contributed by atoms with van der Waals surface area (Å²) in [7, 11) is 0. The van der Waals surface area contributed by atoms with Crippen molar-refractivity contribution in [2.75, 3.05) is 0 Å².